The molecule has 0 aliphatic rings. The van der Waals surface area contributed by atoms with Crippen LogP contribution in [0.25, 0.3) is 10.8 Å². The van der Waals surface area contributed by atoms with Crippen LogP contribution in [0.15, 0.2) is 36.4 Å². The van der Waals surface area contributed by atoms with Crippen LogP contribution in [0, 0.1) is 0 Å². The Morgan fingerprint density at radius 1 is 1.05 bits per heavy atom. The van der Waals surface area contributed by atoms with E-state index in [9.17, 15) is 0 Å². The van der Waals surface area contributed by atoms with Crippen LogP contribution in [0.4, 0.5) is 0 Å². The molecule has 0 spiro atoms. The fraction of sp³-hybridized carbons (Fsp3) is 0.444. The normalized spacial score (nSPS) is 12.5. The SMILES string of the molecule is CC[C@@H](C)NCCOCCOc1ccc(Cl)c2ccccc12. The van der Waals surface area contributed by atoms with Gasteiger partial charge in [0.05, 0.1) is 13.2 Å². The molecular weight excluding hydrogens is 298 g/mol. The van der Waals surface area contributed by atoms with Gasteiger partial charge < -0.3 is 14.8 Å². The summed E-state index contributed by atoms with van der Waals surface area (Å²) in [6.45, 7) is 7.04. The smallest absolute Gasteiger partial charge is 0.127 e. The van der Waals surface area contributed by atoms with Gasteiger partial charge in [-0.1, -0.05) is 42.8 Å². The van der Waals surface area contributed by atoms with Crippen molar-refractivity contribution in [3.8, 4) is 5.75 Å². The van der Waals surface area contributed by atoms with Crippen molar-refractivity contribution in [2.75, 3.05) is 26.4 Å². The highest BCUT2D eigenvalue weighted by atomic mass is 35.5. The second-order valence-corrected chi connectivity index (χ2v) is 5.72. The molecule has 2 aromatic rings. The van der Waals surface area contributed by atoms with Crippen LogP contribution < -0.4 is 10.1 Å². The van der Waals surface area contributed by atoms with Crippen molar-refractivity contribution in [2.45, 2.75) is 26.3 Å². The monoisotopic (exact) mass is 321 g/mol. The minimum Gasteiger partial charge on any atom is -0.491 e. The summed E-state index contributed by atoms with van der Waals surface area (Å²) in [5.74, 6) is 0.848. The zero-order valence-electron chi connectivity index (χ0n) is 13.3. The van der Waals surface area contributed by atoms with E-state index in [4.69, 9.17) is 21.1 Å². The van der Waals surface area contributed by atoms with Gasteiger partial charge in [-0.05, 0) is 25.5 Å². The fourth-order valence-corrected chi connectivity index (χ4v) is 2.42. The highest BCUT2D eigenvalue weighted by Crippen LogP contribution is 2.31. The Balaban J connectivity index is 1.75. The zero-order valence-corrected chi connectivity index (χ0v) is 14.0. The molecule has 0 aliphatic carbocycles. The second kappa shape index (κ2) is 8.99. The van der Waals surface area contributed by atoms with Crippen LogP contribution >= 0.6 is 11.6 Å². The third-order valence-corrected chi connectivity index (χ3v) is 4.00. The lowest BCUT2D eigenvalue weighted by molar-refractivity contribution is 0.101. The number of nitrogens with one attached hydrogen (secondary N) is 1. The summed E-state index contributed by atoms with van der Waals surface area (Å²) in [5.41, 5.74) is 0. The number of halogens is 1. The van der Waals surface area contributed by atoms with E-state index >= 15 is 0 Å². The number of ether oxygens (including phenoxy) is 2. The minimum atomic E-state index is 0.537. The molecule has 0 radical (unpaired) electrons. The molecule has 0 amide bonds. The number of rotatable bonds is 9. The van der Waals surface area contributed by atoms with Crippen molar-refractivity contribution in [2.24, 2.45) is 0 Å². The molecule has 0 saturated heterocycles. The average Bonchev–Trinajstić information content (AvgIpc) is 2.55. The van der Waals surface area contributed by atoms with Crippen LogP contribution in [0.5, 0.6) is 5.75 Å². The van der Waals surface area contributed by atoms with Crippen LogP contribution in [0.2, 0.25) is 5.02 Å². The van der Waals surface area contributed by atoms with Gasteiger partial charge in [-0.3, -0.25) is 0 Å². The first-order chi connectivity index (χ1) is 10.7. The topological polar surface area (TPSA) is 30.5 Å². The van der Waals surface area contributed by atoms with E-state index in [1.54, 1.807) is 0 Å². The Morgan fingerprint density at radius 3 is 2.59 bits per heavy atom. The molecule has 0 aromatic heterocycles. The zero-order chi connectivity index (χ0) is 15.8. The summed E-state index contributed by atoms with van der Waals surface area (Å²) in [6.07, 6.45) is 1.13. The lowest BCUT2D eigenvalue weighted by Crippen LogP contribution is -2.29. The number of hydrogen-bond donors (Lipinski definition) is 1. The summed E-state index contributed by atoms with van der Waals surface area (Å²) >= 11 is 6.20. The van der Waals surface area contributed by atoms with Crippen molar-refractivity contribution >= 4 is 22.4 Å². The van der Waals surface area contributed by atoms with Gasteiger partial charge >= 0.3 is 0 Å². The Hall–Kier alpha value is -1.29. The first-order valence-electron chi connectivity index (χ1n) is 7.83. The molecule has 0 aliphatic heterocycles. The molecule has 1 N–H and O–H groups in total. The number of hydrogen-bond acceptors (Lipinski definition) is 3. The number of benzene rings is 2. The van der Waals surface area contributed by atoms with Crippen LogP contribution in [-0.4, -0.2) is 32.4 Å². The summed E-state index contributed by atoms with van der Waals surface area (Å²) in [5, 5.41) is 6.19. The maximum atomic E-state index is 6.20. The average molecular weight is 322 g/mol. The lowest BCUT2D eigenvalue weighted by Gasteiger charge is -2.12. The highest BCUT2D eigenvalue weighted by molar-refractivity contribution is 6.35. The molecule has 4 heteroatoms. The Morgan fingerprint density at radius 2 is 1.82 bits per heavy atom. The Bertz CT molecular complexity index is 588. The minimum absolute atomic E-state index is 0.537. The predicted molar refractivity (Wildman–Crippen MR) is 93.0 cm³/mol. The van der Waals surface area contributed by atoms with E-state index in [0.29, 0.717) is 25.9 Å². The maximum absolute atomic E-state index is 6.20. The molecule has 2 aromatic carbocycles. The largest absolute Gasteiger partial charge is 0.491 e. The Kier molecular flexibility index (Phi) is 6.97. The van der Waals surface area contributed by atoms with Crippen molar-refractivity contribution in [1.29, 1.82) is 0 Å². The van der Waals surface area contributed by atoms with Gasteiger partial charge in [0.2, 0.25) is 0 Å². The van der Waals surface area contributed by atoms with Gasteiger partial charge in [-0.25, -0.2) is 0 Å². The molecule has 0 fully saturated rings. The Labute approximate surface area is 137 Å². The van der Waals surface area contributed by atoms with Gasteiger partial charge in [0.15, 0.2) is 0 Å². The second-order valence-electron chi connectivity index (χ2n) is 5.32. The molecule has 0 heterocycles. The van der Waals surface area contributed by atoms with Crippen LogP contribution in [0.1, 0.15) is 20.3 Å². The van der Waals surface area contributed by atoms with Gasteiger partial charge in [0.25, 0.3) is 0 Å². The van der Waals surface area contributed by atoms with E-state index in [0.717, 1.165) is 34.5 Å². The third-order valence-electron chi connectivity index (χ3n) is 3.67. The van der Waals surface area contributed by atoms with Gasteiger partial charge in [0, 0.05) is 28.4 Å². The molecule has 2 rings (SSSR count). The van der Waals surface area contributed by atoms with E-state index in [2.05, 4.69) is 19.2 Å². The van der Waals surface area contributed by atoms with Gasteiger partial charge in [0.1, 0.15) is 12.4 Å². The molecule has 1 atom stereocenters. The summed E-state index contributed by atoms with van der Waals surface area (Å²) < 4.78 is 11.4. The molecule has 22 heavy (non-hydrogen) atoms. The third kappa shape index (κ3) is 4.87. The van der Waals surface area contributed by atoms with E-state index < -0.39 is 0 Å². The summed E-state index contributed by atoms with van der Waals surface area (Å²) in [4.78, 5) is 0. The summed E-state index contributed by atoms with van der Waals surface area (Å²) in [7, 11) is 0. The number of fused-ring (bicyclic) bond motifs is 1. The van der Waals surface area contributed by atoms with Crippen LogP contribution in [0.3, 0.4) is 0 Å². The first-order valence-corrected chi connectivity index (χ1v) is 8.21. The van der Waals surface area contributed by atoms with Crippen molar-refractivity contribution in [3.63, 3.8) is 0 Å². The molecule has 0 unspecified atom stereocenters. The quantitative estimate of drug-likeness (QED) is 0.699. The standard InChI is InChI=1S/C18H24ClNO2/c1-3-14(2)20-10-11-21-12-13-22-18-9-8-17(19)15-6-4-5-7-16(15)18/h4-9,14,20H,3,10-13H2,1-2H3/t14-/m1/s1. The molecule has 0 saturated carbocycles. The van der Waals surface area contributed by atoms with E-state index in [1.807, 2.05) is 36.4 Å². The first kappa shape index (κ1) is 17.1. The molecular formula is C18H24ClNO2. The fourth-order valence-electron chi connectivity index (χ4n) is 2.19. The molecule has 120 valence electrons. The predicted octanol–water partition coefficient (Wildman–Crippen LogP) is 4.28. The summed E-state index contributed by atoms with van der Waals surface area (Å²) in [6, 6.07) is 12.3. The van der Waals surface area contributed by atoms with Gasteiger partial charge in [-0.15, -0.1) is 0 Å². The van der Waals surface area contributed by atoms with Crippen LogP contribution in [-0.2, 0) is 4.74 Å². The maximum Gasteiger partial charge on any atom is 0.127 e. The van der Waals surface area contributed by atoms with Crippen molar-refractivity contribution < 1.29 is 9.47 Å². The molecule has 0 bridgehead atoms. The van der Waals surface area contributed by atoms with E-state index in [-0.39, 0.29) is 0 Å². The van der Waals surface area contributed by atoms with Crippen molar-refractivity contribution in [1.82, 2.24) is 5.32 Å². The molecule has 3 nitrogen and oxygen atoms in total. The van der Waals surface area contributed by atoms with Crippen molar-refractivity contribution in [3.05, 3.63) is 41.4 Å². The van der Waals surface area contributed by atoms with Gasteiger partial charge in [-0.2, -0.15) is 0 Å². The highest BCUT2D eigenvalue weighted by Gasteiger charge is 2.05. The lowest BCUT2D eigenvalue weighted by atomic mass is 10.1. The van der Waals surface area contributed by atoms with E-state index in [1.165, 1.54) is 0 Å².